The van der Waals surface area contributed by atoms with E-state index in [-0.39, 0.29) is 18.3 Å². The van der Waals surface area contributed by atoms with Gasteiger partial charge in [0.2, 0.25) is 0 Å². The number of phenolic OH excluding ortho intramolecular Hbond substituents is 1. The third-order valence-electron chi connectivity index (χ3n) is 7.44. The lowest BCUT2D eigenvalue weighted by molar-refractivity contribution is -0.145. The zero-order valence-electron chi connectivity index (χ0n) is 25.5. The monoisotopic (exact) mass is 569 g/mol. The molecule has 0 aliphatic heterocycles. The van der Waals surface area contributed by atoms with Gasteiger partial charge in [0.15, 0.2) is 0 Å². The first-order chi connectivity index (χ1) is 20.1. The van der Waals surface area contributed by atoms with Crippen LogP contribution in [0.4, 0.5) is 0 Å². The number of carbonyl (C=O) groups is 1. The lowest BCUT2D eigenvalue weighted by Crippen LogP contribution is -2.22. The topological polar surface area (TPSA) is 88.0 Å². The molecular formula is C35H55NO5. The number of aryl methyl sites for hydroxylation is 1. The van der Waals surface area contributed by atoms with Gasteiger partial charge in [-0.15, -0.1) is 0 Å². The highest BCUT2D eigenvalue weighted by atomic mass is 16.5. The first-order valence-corrected chi connectivity index (χ1v) is 16.1. The van der Waals surface area contributed by atoms with Crippen molar-refractivity contribution in [2.75, 3.05) is 26.3 Å². The van der Waals surface area contributed by atoms with E-state index in [1.807, 2.05) is 0 Å². The third-order valence-corrected chi connectivity index (χ3v) is 7.44. The van der Waals surface area contributed by atoms with Crippen molar-refractivity contribution in [1.29, 1.82) is 0 Å². The molecule has 2 aromatic rings. The zero-order chi connectivity index (χ0) is 29.4. The van der Waals surface area contributed by atoms with E-state index in [0.29, 0.717) is 24.1 Å². The normalized spacial score (nSPS) is 12.0. The van der Waals surface area contributed by atoms with Crippen LogP contribution < -0.4 is 5.32 Å². The molecule has 0 aliphatic carbocycles. The van der Waals surface area contributed by atoms with Crippen LogP contribution in [-0.2, 0) is 27.3 Å². The molecule has 0 heterocycles. The molecule has 0 spiro atoms. The smallest absolute Gasteiger partial charge is 0.306 e. The Kier molecular flexibility index (Phi) is 19.7. The van der Waals surface area contributed by atoms with Gasteiger partial charge < -0.3 is 25.0 Å². The standard InChI is InChI=1S/C35H55NO5/c1-2-3-4-5-6-7-13-21-35(39)41-29-32-27-31(22-23-33(32)37)34(38)28-36-24-15-8-9-16-25-40-26-17-14-20-30-18-11-10-12-19-30/h10-12,18-19,22-23,27,34,36-38H,2-9,13-17,20-21,24-26,28-29H2,1H3. The highest BCUT2D eigenvalue weighted by Gasteiger charge is 2.12. The summed E-state index contributed by atoms with van der Waals surface area (Å²) in [4.78, 5) is 12.1. The molecule has 0 amide bonds. The Morgan fingerprint density at radius 2 is 1.51 bits per heavy atom. The molecule has 2 aromatic carbocycles. The summed E-state index contributed by atoms with van der Waals surface area (Å²) in [5, 5.41) is 24.1. The Morgan fingerprint density at radius 1 is 0.829 bits per heavy atom. The molecular weight excluding hydrogens is 514 g/mol. The summed E-state index contributed by atoms with van der Waals surface area (Å²) in [5.74, 6) is -0.162. The van der Waals surface area contributed by atoms with Crippen LogP contribution in [0.5, 0.6) is 5.75 Å². The molecule has 0 saturated carbocycles. The lowest BCUT2D eigenvalue weighted by atomic mass is 10.1. The van der Waals surface area contributed by atoms with Gasteiger partial charge in [-0.2, -0.15) is 0 Å². The molecule has 0 radical (unpaired) electrons. The van der Waals surface area contributed by atoms with Gasteiger partial charge in [-0.05, 0) is 68.3 Å². The van der Waals surface area contributed by atoms with Gasteiger partial charge in [0.05, 0.1) is 6.10 Å². The lowest BCUT2D eigenvalue weighted by Gasteiger charge is -2.14. The molecule has 3 N–H and O–H groups in total. The van der Waals surface area contributed by atoms with Crippen LogP contribution >= 0.6 is 0 Å². The van der Waals surface area contributed by atoms with Gasteiger partial charge >= 0.3 is 5.97 Å². The summed E-state index contributed by atoms with van der Waals surface area (Å²) >= 11 is 0. The van der Waals surface area contributed by atoms with E-state index in [9.17, 15) is 15.0 Å². The van der Waals surface area contributed by atoms with E-state index in [1.165, 1.54) is 37.7 Å². The fourth-order valence-corrected chi connectivity index (χ4v) is 4.83. The molecule has 1 atom stereocenters. The Bertz CT molecular complexity index is 920. The number of hydrogen-bond donors (Lipinski definition) is 3. The number of aliphatic hydroxyl groups is 1. The minimum absolute atomic E-state index is 0.0204. The largest absolute Gasteiger partial charge is 0.508 e. The number of esters is 1. The van der Waals surface area contributed by atoms with Crippen LogP contribution in [0, 0.1) is 0 Å². The van der Waals surface area contributed by atoms with Crippen molar-refractivity contribution in [3.05, 3.63) is 65.2 Å². The first-order valence-electron chi connectivity index (χ1n) is 16.1. The number of benzene rings is 2. The van der Waals surface area contributed by atoms with Gasteiger partial charge in [-0.25, -0.2) is 0 Å². The van der Waals surface area contributed by atoms with E-state index in [0.717, 1.165) is 77.5 Å². The second-order valence-electron chi connectivity index (χ2n) is 11.1. The number of hydrogen-bond acceptors (Lipinski definition) is 6. The van der Waals surface area contributed by atoms with E-state index < -0.39 is 6.10 Å². The van der Waals surface area contributed by atoms with Crippen molar-refractivity contribution in [3.8, 4) is 5.75 Å². The maximum atomic E-state index is 12.1. The second kappa shape index (κ2) is 23.2. The minimum Gasteiger partial charge on any atom is -0.508 e. The summed E-state index contributed by atoms with van der Waals surface area (Å²) in [5.41, 5.74) is 2.62. The molecule has 0 aliphatic rings. The summed E-state index contributed by atoms with van der Waals surface area (Å²) in [6.07, 6.45) is 15.6. The number of nitrogens with one attached hydrogen (secondary N) is 1. The minimum atomic E-state index is -0.687. The molecule has 41 heavy (non-hydrogen) atoms. The highest BCUT2D eigenvalue weighted by molar-refractivity contribution is 5.69. The van der Waals surface area contributed by atoms with Crippen LogP contribution in [0.25, 0.3) is 0 Å². The van der Waals surface area contributed by atoms with Crippen LogP contribution in [-0.4, -0.2) is 42.5 Å². The number of phenols is 1. The van der Waals surface area contributed by atoms with Gasteiger partial charge in [0.25, 0.3) is 0 Å². The SMILES string of the molecule is CCCCCCCCCC(=O)OCc1cc(C(O)CNCCCCCCOCCCCc2ccccc2)ccc1O. The maximum absolute atomic E-state index is 12.1. The fraction of sp³-hybridized carbons (Fsp3) is 0.629. The number of aromatic hydroxyl groups is 1. The molecule has 1 unspecified atom stereocenters. The van der Waals surface area contributed by atoms with Crippen LogP contribution in [0.1, 0.15) is 120 Å². The number of rotatable bonds is 25. The van der Waals surface area contributed by atoms with E-state index in [2.05, 4.69) is 42.6 Å². The molecule has 0 bridgehead atoms. The maximum Gasteiger partial charge on any atom is 0.306 e. The highest BCUT2D eigenvalue weighted by Crippen LogP contribution is 2.23. The Balaban J connectivity index is 1.47. The molecule has 2 rings (SSSR count). The number of ether oxygens (including phenoxy) is 2. The van der Waals surface area contributed by atoms with Gasteiger partial charge in [0, 0.05) is 31.7 Å². The van der Waals surface area contributed by atoms with E-state index in [1.54, 1.807) is 18.2 Å². The number of carbonyl (C=O) groups excluding carboxylic acids is 1. The average molecular weight is 570 g/mol. The van der Waals surface area contributed by atoms with E-state index in [4.69, 9.17) is 9.47 Å². The van der Waals surface area contributed by atoms with Crippen molar-refractivity contribution in [2.45, 2.75) is 116 Å². The van der Waals surface area contributed by atoms with Crippen molar-refractivity contribution in [2.24, 2.45) is 0 Å². The van der Waals surface area contributed by atoms with Crippen molar-refractivity contribution in [3.63, 3.8) is 0 Å². The van der Waals surface area contributed by atoms with Crippen molar-refractivity contribution >= 4 is 5.97 Å². The third kappa shape index (κ3) is 17.2. The molecule has 0 fully saturated rings. The summed E-state index contributed by atoms with van der Waals surface area (Å²) < 4.78 is 11.1. The zero-order valence-corrected chi connectivity index (χ0v) is 25.5. The van der Waals surface area contributed by atoms with Gasteiger partial charge in [-0.3, -0.25) is 4.79 Å². The Morgan fingerprint density at radius 3 is 2.29 bits per heavy atom. The second-order valence-corrected chi connectivity index (χ2v) is 11.1. The number of aliphatic hydroxyl groups excluding tert-OH is 1. The van der Waals surface area contributed by atoms with Gasteiger partial charge in [-0.1, -0.05) is 94.7 Å². The summed E-state index contributed by atoms with van der Waals surface area (Å²) in [6, 6.07) is 15.6. The number of unbranched alkanes of at least 4 members (excludes halogenated alkanes) is 10. The molecule has 6 heteroatoms. The summed E-state index contributed by atoms with van der Waals surface area (Å²) in [7, 11) is 0. The molecule has 230 valence electrons. The van der Waals surface area contributed by atoms with E-state index >= 15 is 0 Å². The van der Waals surface area contributed by atoms with Crippen LogP contribution in [0.3, 0.4) is 0 Å². The predicted molar refractivity (Wildman–Crippen MR) is 167 cm³/mol. The van der Waals surface area contributed by atoms with Crippen LogP contribution in [0.15, 0.2) is 48.5 Å². The molecule has 6 nitrogen and oxygen atoms in total. The molecule has 0 saturated heterocycles. The van der Waals surface area contributed by atoms with Crippen molar-refractivity contribution < 1.29 is 24.5 Å². The quantitative estimate of drug-likeness (QED) is 0.0835. The predicted octanol–water partition coefficient (Wildman–Crippen LogP) is 7.80. The van der Waals surface area contributed by atoms with Crippen molar-refractivity contribution in [1.82, 2.24) is 5.32 Å². The first kappa shape index (κ1) is 34.8. The summed E-state index contributed by atoms with van der Waals surface area (Å²) in [6.45, 7) is 5.18. The fourth-order valence-electron chi connectivity index (χ4n) is 4.83. The average Bonchev–Trinajstić information content (AvgIpc) is 2.99. The van der Waals surface area contributed by atoms with Gasteiger partial charge in [0.1, 0.15) is 12.4 Å². The Labute approximate surface area is 248 Å². The molecule has 0 aromatic heterocycles. The van der Waals surface area contributed by atoms with Crippen LogP contribution in [0.2, 0.25) is 0 Å². The Hall–Kier alpha value is -2.41.